The topological polar surface area (TPSA) is 83.0 Å². The summed E-state index contributed by atoms with van der Waals surface area (Å²) < 4.78 is 16.0. The van der Waals surface area contributed by atoms with Gasteiger partial charge in [-0.1, -0.05) is 29.8 Å². The predicted octanol–water partition coefficient (Wildman–Crippen LogP) is 5.38. The van der Waals surface area contributed by atoms with Crippen LogP contribution in [0.5, 0.6) is 0 Å². The van der Waals surface area contributed by atoms with Gasteiger partial charge in [-0.3, -0.25) is 0 Å². The number of fused-ring (bicyclic) bond motifs is 1. The van der Waals surface area contributed by atoms with Crippen LogP contribution in [0.25, 0.3) is 22.2 Å². The molecule has 28 heavy (non-hydrogen) atoms. The lowest BCUT2D eigenvalue weighted by atomic mass is 10.1. The van der Waals surface area contributed by atoms with E-state index in [1.165, 1.54) is 0 Å². The highest BCUT2D eigenvalue weighted by atomic mass is 35.5. The van der Waals surface area contributed by atoms with Gasteiger partial charge in [-0.05, 0) is 30.3 Å². The molecule has 2 heterocycles. The van der Waals surface area contributed by atoms with E-state index in [9.17, 15) is 4.21 Å². The van der Waals surface area contributed by atoms with E-state index >= 15 is 0 Å². The summed E-state index contributed by atoms with van der Waals surface area (Å²) >= 11 is 6.37. The molecule has 0 spiro atoms. The summed E-state index contributed by atoms with van der Waals surface area (Å²) in [7, 11) is -2.19. The van der Waals surface area contributed by atoms with Crippen LogP contribution >= 0.6 is 11.6 Å². The van der Waals surface area contributed by atoms with Gasteiger partial charge in [0, 0.05) is 50.6 Å². The second kappa shape index (κ2) is 7.26. The maximum absolute atomic E-state index is 11.8. The predicted molar refractivity (Wildman–Crippen MR) is 116 cm³/mol. The Hall–Kier alpha value is -2.90. The molecule has 2 aromatic heterocycles. The van der Waals surface area contributed by atoms with Gasteiger partial charge in [-0.2, -0.15) is 4.36 Å². The first-order valence-electron chi connectivity index (χ1n) is 8.52. The number of benzene rings is 2. The third kappa shape index (κ3) is 4.00. The van der Waals surface area contributed by atoms with Crippen LogP contribution in [0.4, 0.5) is 17.3 Å². The van der Waals surface area contributed by atoms with Gasteiger partial charge >= 0.3 is 0 Å². The summed E-state index contributed by atoms with van der Waals surface area (Å²) in [6.07, 6.45) is 6.69. The molecule has 0 fully saturated rings. The lowest BCUT2D eigenvalue weighted by molar-refractivity contribution is 0.684. The van der Waals surface area contributed by atoms with Gasteiger partial charge in [0.15, 0.2) is 0 Å². The van der Waals surface area contributed by atoms with Gasteiger partial charge in [0.25, 0.3) is 0 Å². The molecule has 2 N–H and O–H groups in total. The van der Waals surface area contributed by atoms with E-state index in [0.29, 0.717) is 22.4 Å². The fourth-order valence-electron chi connectivity index (χ4n) is 2.87. The maximum atomic E-state index is 11.8. The number of nitrogens with zero attached hydrogens (tertiary/aromatic N) is 3. The molecule has 4 aromatic rings. The number of hydrogen-bond acceptors (Lipinski definition) is 5. The first-order chi connectivity index (χ1) is 13.4. The molecule has 0 unspecified atom stereocenters. The molecule has 0 aliphatic carbocycles. The van der Waals surface area contributed by atoms with Crippen molar-refractivity contribution >= 4 is 49.6 Å². The lowest BCUT2D eigenvalue weighted by Gasteiger charge is -2.08. The molecule has 8 heteroatoms. The fourth-order valence-corrected chi connectivity index (χ4v) is 3.69. The van der Waals surface area contributed by atoms with E-state index in [2.05, 4.69) is 24.6 Å². The third-order valence-electron chi connectivity index (χ3n) is 4.04. The second-order valence-electron chi connectivity index (χ2n) is 6.58. The molecule has 0 atom stereocenters. The van der Waals surface area contributed by atoms with E-state index in [-0.39, 0.29) is 0 Å². The number of aromatic nitrogens is 3. The summed E-state index contributed by atoms with van der Waals surface area (Å²) in [4.78, 5) is 12.1. The zero-order valence-corrected chi connectivity index (χ0v) is 16.9. The lowest BCUT2D eigenvalue weighted by Crippen LogP contribution is -1.98. The molecular formula is C20H18ClN5OS. The van der Waals surface area contributed by atoms with Crippen molar-refractivity contribution in [1.82, 2.24) is 15.0 Å². The SMILES string of the molecule is CS(C)(=O)=Nc1ccc(Nc2ncc(Cl)c(-c3c[nH]c4ccccc34)n2)cc1. The van der Waals surface area contributed by atoms with E-state index in [1.54, 1.807) is 30.8 Å². The summed E-state index contributed by atoms with van der Waals surface area (Å²) in [5.41, 5.74) is 4.05. The molecule has 0 bridgehead atoms. The number of anilines is 2. The van der Waals surface area contributed by atoms with E-state index in [0.717, 1.165) is 22.2 Å². The monoisotopic (exact) mass is 411 g/mol. The van der Waals surface area contributed by atoms with Crippen LogP contribution in [0.1, 0.15) is 0 Å². The van der Waals surface area contributed by atoms with Crippen LogP contribution < -0.4 is 5.32 Å². The van der Waals surface area contributed by atoms with Gasteiger partial charge < -0.3 is 10.3 Å². The van der Waals surface area contributed by atoms with Crippen molar-refractivity contribution in [2.45, 2.75) is 0 Å². The van der Waals surface area contributed by atoms with Gasteiger partial charge in [0.05, 0.1) is 22.6 Å². The van der Waals surface area contributed by atoms with Crippen molar-refractivity contribution in [3.63, 3.8) is 0 Å². The average molecular weight is 412 g/mol. The van der Waals surface area contributed by atoms with Crippen LogP contribution in [0.15, 0.2) is 65.3 Å². The van der Waals surface area contributed by atoms with Gasteiger partial charge in [-0.25, -0.2) is 14.2 Å². The van der Waals surface area contributed by atoms with Crippen molar-refractivity contribution in [2.24, 2.45) is 4.36 Å². The van der Waals surface area contributed by atoms with Crippen LogP contribution in [-0.4, -0.2) is 31.7 Å². The largest absolute Gasteiger partial charge is 0.360 e. The molecule has 0 radical (unpaired) electrons. The quantitative estimate of drug-likeness (QED) is 0.472. The molecule has 0 aliphatic rings. The molecule has 0 saturated carbocycles. The average Bonchev–Trinajstić information content (AvgIpc) is 3.08. The Morgan fingerprint density at radius 3 is 2.61 bits per heavy atom. The van der Waals surface area contributed by atoms with Crippen molar-refractivity contribution in [3.8, 4) is 11.3 Å². The minimum Gasteiger partial charge on any atom is -0.360 e. The molecule has 0 saturated heterocycles. The number of para-hydroxylation sites is 1. The highest BCUT2D eigenvalue weighted by molar-refractivity contribution is 7.92. The Morgan fingerprint density at radius 2 is 1.86 bits per heavy atom. The molecule has 142 valence electrons. The number of rotatable bonds is 4. The zero-order chi connectivity index (χ0) is 19.7. The Labute approximate surface area is 168 Å². The Balaban J connectivity index is 1.65. The number of H-pyrrole nitrogens is 1. The minimum atomic E-state index is -2.19. The van der Waals surface area contributed by atoms with Crippen LogP contribution in [-0.2, 0) is 9.73 Å². The first-order valence-corrected chi connectivity index (χ1v) is 11.2. The molecule has 4 rings (SSSR count). The fraction of sp³-hybridized carbons (Fsp3) is 0.100. The van der Waals surface area contributed by atoms with Gasteiger partial charge in [0.1, 0.15) is 0 Å². The highest BCUT2D eigenvalue weighted by Gasteiger charge is 2.13. The summed E-state index contributed by atoms with van der Waals surface area (Å²) in [6, 6.07) is 15.3. The third-order valence-corrected chi connectivity index (χ3v) is 4.96. The Bertz CT molecular complexity index is 1270. The minimum absolute atomic E-state index is 0.434. The molecule has 2 aromatic carbocycles. The Morgan fingerprint density at radius 1 is 1.11 bits per heavy atom. The van der Waals surface area contributed by atoms with E-state index < -0.39 is 9.73 Å². The van der Waals surface area contributed by atoms with Gasteiger partial charge in [0.2, 0.25) is 5.95 Å². The second-order valence-corrected chi connectivity index (χ2v) is 9.53. The van der Waals surface area contributed by atoms with Crippen molar-refractivity contribution in [2.75, 3.05) is 17.8 Å². The van der Waals surface area contributed by atoms with Crippen LogP contribution in [0.2, 0.25) is 5.02 Å². The smallest absolute Gasteiger partial charge is 0.227 e. The van der Waals surface area contributed by atoms with E-state index in [4.69, 9.17) is 11.6 Å². The first kappa shape index (κ1) is 18.5. The number of aromatic amines is 1. The standard InChI is InChI=1S/C20H18ClN5OS/c1-28(2,27)26-14-9-7-13(8-10-14)24-20-23-12-17(21)19(25-20)16-11-22-18-6-4-3-5-15(16)18/h3-12,22H,1-2H3,(H,23,24,25). The molecule has 6 nitrogen and oxygen atoms in total. The van der Waals surface area contributed by atoms with Crippen molar-refractivity contribution < 1.29 is 4.21 Å². The van der Waals surface area contributed by atoms with Crippen LogP contribution in [0, 0.1) is 0 Å². The summed E-state index contributed by atoms with van der Waals surface area (Å²) in [6.45, 7) is 0. The van der Waals surface area contributed by atoms with Crippen molar-refractivity contribution in [3.05, 3.63) is 65.9 Å². The number of hydrogen-bond donors (Lipinski definition) is 2. The summed E-state index contributed by atoms with van der Waals surface area (Å²) in [5, 5.41) is 4.69. The molecule has 0 amide bonds. The summed E-state index contributed by atoms with van der Waals surface area (Å²) in [5.74, 6) is 0.434. The normalized spacial score (nSPS) is 11.5. The molecular weight excluding hydrogens is 394 g/mol. The number of halogens is 1. The van der Waals surface area contributed by atoms with Crippen molar-refractivity contribution in [1.29, 1.82) is 0 Å². The maximum Gasteiger partial charge on any atom is 0.227 e. The Kier molecular flexibility index (Phi) is 4.78. The van der Waals surface area contributed by atoms with E-state index in [1.807, 2.05) is 42.6 Å². The highest BCUT2D eigenvalue weighted by Crippen LogP contribution is 2.32. The van der Waals surface area contributed by atoms with Gasteiger partial charge in [-0.15, -0.1) is 0 Å². The zero-order valence-electron chi connectivity index (χ0n) is 15.3. The van der Waals surface area contributed by atoms with Crippen LogP contribution in [0.3, 0.4) is 0 Å². The number of nitrogens with one attached hydrogen (secondary N) is 2. The molecule has 0 aliphatic heterocycles.